The van der Waals surface area contributed by atoms with Crippen molar-refractivity contribution < 1.29 is 17.6 Å². The predicted molar refractivity (Wildman–Crippen MR) is 71.1 cm³/mol. The summed E-state index contributed by atoms with van der Waals surface area (Å²) in [6.45, 7) is 0.648. The fourth-order valence-corrected chi connectivity index (χ4v) is 2.57. The van der Waals surface area contributed by atoms with Gasteiger partial charge in [-0.2, -0.15) is 13.2 Å². The SMILES string of the molecule is Fc1ccc(CNCCc2cccs2)c(C(F)(F)F)c1. The normalized spacial score (nSPS) is 11.8. The van der Waals surface area contributed by atoms with Crippen LogP contribution in [0.1, 0.15) is 16.0 Å². The third-order valence-electron chi connectivity index (χ3n) is 2.82. The Hall–Kier alpha value is -1.40. The molecule has 0 saturated carbocycles. The third-order valence-corrected chi connectivity index (χ3v) is 3.76. The summed E-state index contributed by atoms with van der Waals surface area (Å²) in [4.78, 5) is 1.17. The van der Waals surface area contributed by atoms with E-state index in [1.54, 1.807) is 11.3 Å². The molecule has 108 valence electrons. The van der Waals surface area contributed by atoms with Crippen molar-refractivity contribution in [1.29, 1.82) is 0 Å². The van der Waals surface area contributed by atoms with Gasteiger partial charge < -0.3 is 5.32 Å². The lowest BCUT2D eigenvalue weighted by Crippen LogP contribution is -2.19. The third kappa shape index (κ3) is 4.05. The average molecular weight is 303 g/mol. The van der Waals surface area contributed by atoms with Crippen LogP contribution in [0.15, 0.2) is 35.7 Å². The zero-order valence-electron chi connectivity index (χ0n) is 10.5. The van der Waals surface area contributed by atoms with Crippen molar-refractivity contribution in [2.45, 2.75) is 19.1 Å². The highest BCUT2D eigenvalue weighted by molar-refractivity contribution is 7.09. The van der Waals surface area contributed by atoms with E-state index < -0.39 is 17.6 Å². The van der Waals surface area contributed by atoms with Crippen molar-refractivity contribution >= 4 is 11.3 Å². The van der Waals surface area contributed by atoms with Crippen molar-refractivity contribution in [2.75, 3.05) is 6.54 Å². The van der Waals surface area contributed by atoms with Crippen LogP contribution in [0.5, 0.6) is 0 Å². The van der Waals surface area contributed by atoms with E-state index in [0.29, 0.717) is 12.6 Å². The second kappa shape index (κ2) is 6.37. The molecule has 0 saturated heterocycles. The first-order chi connectivity index (χ1) is 9.47. The minimum atomic E-state index is -4.53. The monoisotopic (exact) mass is 303 g/mol. The Morgan fingerprint density at radius 3 is 2.60 bits per heavy atom. The maximum absolute atomic E-state index is 12.9. The van der Waals surface area contributed by atoms with E-state index in [2.05, 4.69) is 5.32 Å². The number of nitrogens with one attached hydrogen (secondary N) is 1. The number of alkyl halides is 3. The van der Waals surface area contributed by atoms with Gasteiger partial charge in [-0.15, -0.1) is 11.3 Å². The second-order valence-corrected chi connectivity index (χ2v) is 5.34. The van der Waals surface area contributed by atoms with Crippen molar-refractivity contribution in [2.24, 2.45) is 0 Å². The summed E-state index contributed by atoms with van der Waals surface area (Å²) in [5.41, 5.74) is -0.855. The Morgan fingerprint density at radius 1 is 1.15 bits per heavy atom. The molecule has 6 heteroatoms. The molecule has 0 atom stereocenters. The molecule has 2 aromatic rings. The Bertz CT molecular complexity index is 549. The Kier molecular flexibility index (Phi) is 4.77. The molecule has 0 aliphatic heterocycles. The molecule has 1 N–H and O–H groups in total. The van der Waals surface area contributed by atoms with Gasteiger partial charge in [-0.05, 0) is 35.6 Å². The Labute approximate surface area is 118 Å². The van der Waals surface area contributed by atoms with Crippen LogP contribution in [0, 0.1) is 5.82 Å². The molecule has 1 nitrogen and oxygen atoms in total. The number of benzene rings is 1. The van der Waals surface area contributed by atoms with E-state index >= 15 is 0 Å². The van der Waals surface area contributed by atoms with Crippen molar-refractivity contribution in [1.82, 2.24) is 5.32 Å². The van der Waals surface area contributed by atoms with Crippen molar-refractivity contribution in [3.63, 3.8) is 0 Å². The number of halogens is 4. The highest BCUT2D eigenvalue weighted by Crippen LogP contribution is 2.32. The van der Waals surface area contributed by atoms with E-state index in [1.807, 2.05) is 17.5 Å². The largest absolute Gasteiger partial charge is 0.416 e. The fraction of sp³-hybridized carbons (Fsp3) is 0.286. The first kappa shape index (κ1) is 15.0. The van der Waals surface area contributed by atoms with Gasteiger partial charge in [0, 0.05) is 18.0 Å². The van der Waals surface area contributed by atoms with Gasteiger partial charge in [0.1, 0.15) is 5.82 Å². The average Bonchev–Trinajstić information content (AvgIpc) is 2.88. The van der Waals surface area contributed by atoms with Gasteiger partial charge in [-0.25, -0.2) is 4.39 Å². The smallest absolute Gasteiger partial charge is 0.312 e. The highest BCUT2D eigenvalue weighted by Gasteiger charge is 2.33. The van der Waals surface area contributed by atoms with Gasteiger partial charge >= 0.3 is 6.18 Å². The molecular weight excluding hydrogens is 290 g/mol. The lowest BCUT2D eigenvalue weighted by Gasteiger charge is -2.13. The molecule has 1 aromatic carbocycles. The van der Waals surface area contributed by atoms with Crippen molar-refractivity contribution in [3.05, 3.63) is 57.5 Å². The molecule has 2 rings (SSSR count). The predicted octanol–water partition coefficient (Wildman–Crippen LogP) is 4.24. The summed E-state index contributed by atoms with van der Waals surface area (Å²) >= 11 is 1.61. The van der Waals surface area contributed by atoms with E-state index in [9.17, 15) is 17.6 Å². The molecule has 0 spiro atoms. The summed E-state index contributed by atoms with van der Waals surface area (Å²) in [6, 6.07) is 6.67. The first-order valence-corrected chi connectivity index (χ1v) is 6.93. The molecule has 0 amide bonds. The van der Waals surface area contributed by atoms with Crippen LogP contribution in [-0.4, -0.2) is 6.54 Å². The Balaban J connectivity index is 1.95. The maximum Gasteiger partial charge on any atom is 0.416 e. The fourth-order valence-electron chi connectivity index (χ4n) is 1.86. The van der Waals surface area contributed by atoms with Crippen LogP contribution in [0.3, 0.4) is 0 Å². The molecule has 0 aliphatic rings. The zero-order valence-corrected chi connectivity index (χ0v) is 11.3. The van der Waals surface area contributed by atoms with E-state index in [0.717, 1.165) is 12.5 Å². The molecule has 0 bridgehead atoms. The molecular formula is C14H13F4NS. The molecule has 1 heterocycles. The highest BCUT2D eigenvalue weighted by atomic mass is 32.1. The van der Waals surface area contributed by atoms with Crippen molar-refractivity contribution in [3.8, 4) is 0 Å². The van der Waals surface area contributed by atoms with Gasteiger partial charge in [-0.1, -0.05) is 12.1 Å². The van der Waals surface area contributed by atoms with E-state index in [-0.39, 0.29) is 12.1 Å². The van der Waals surface area contributed by atoms with Gasteiger partial charge in [0.25, 0.3) is 0 Å². The topological polar surface area (TPSA) is 12.0 Å². The lowest BCUT2D eigenvalue weighted by molar-refractivity contribution is -0.138. The first-order valence-electron chi connectivity index (χ1n) is 6.05. The minimum absolute atomic E-state index is 0.0603. The van der Waals surface area contributed by atoms with Gasteiger partial charge in [0.15, 0.2) is 0 Å². The summed E-state index contributed by atoms with van der Waals surface area (Å²) < 4.78 is 51.2. The number of hydrogen-bond donors (Lipinski definition) is 1. The summed E-state index contributed by atoms with van der Waals surface area (Å²) in [5.74, 6) is -0.875. The quantitative estimate of drug-likeness (QED) is 0.643. The van der Waals surface area contributed by atoms with E-state index in [4.69, 9.17) is 0 Å². The molecule has 0 aliphatic carbocycles. The van der Waals surface area contributed by atoms with Crippen LogP contribution in [-0.2, 0) is 19.1 Å². The number of rotatable bonds is 5. The lowest BCUT2D eigenvalue weighted by atomic mass is 10.1. The molecule has 0 radical (unpaired) electrons. The van der Waals surface area contributed by atoms with E-state index in [1.165, 1.54) is 10.9 Å². The van der Waals surface area contributed by atoms with Gasteiger partial charge in [-0.3, -0.25) is 0 Å². The minimum Gasteiger partial charge on any atom is -0.312 e. The standard InChI is InChI=1S/C14H13F4NS/c15-11-4-3-10(13(8-11)14(16,17)18)9-19-6-5-12-2-1-7-20-12/h1-4,7-8,19H,5-6,9H2. The molecule has 0 fully saturated rings. The summed E-state index contributed by atoms with van der Waals surface area (Å²) in [6.07, 6.45) is -3.77. The maximum atomic E-state index is 12.9. The van der Waals surface area contributed by atoms with Crippen LogP contribution in [0.2, 0.25) is 0 Å². The molecule has 0 unspecified atom stereocenters. The van der Waals surface area contributed by atoms with Crippen LogP contribution < -0.4 is 5.32 Å². The van der Waals surface area contributed by atoms with Crippen LogP contribution in [0.4, 0.5) is 17.6 Å². The van der Waals surface area contributed by atoms with Crippen LogP contribution in [0.25, 0.3) is 0 Å². The molecule has 1 aromatic heterocycles. The summed E-state index contributed by atoms with van der Waals surface area (Å²) in [7, 11) is 0. The van der Waals surface area contributed by atoms with Crippen LogP contribution >= 0.6 is 11.3 Å². The Morgan fingerprint density at radius 2 is 1.95 bits per heavy atom. The number of hydrogen-bond acceptors (Lipinski definition) is 2. The zero-order chi connectivity index (χ0) is 14.6. The molecule has 20 heavy (non-hydrogen) atoms. The summed E-state index contributed by atoms with van der Waals surface area (Å²) in [5, 5.41) is 4.91. The second-order valence-electron chi connectivity index (χ2n) is 4.31. The number of thiophene rings is 1. The van der Waals surface area contributed by atoms with Gasteiger partial charge in [0.05, 0.1) is 5.56 Å². The van der Waals surface area contributed by atoms with Gasteiger partial charge in [0.2, 0.25) is 0 Å².